The predicted molar refractivity (Wildman–Crippen MR) is 63.2 cm³/mol. The lowest BCUT2D eigenvalue weighted by molar-refractivity contribution is 0.661. The van der Waals surface area contributed by atoms with Crippen LogP contribution in [0.4, 0.5) is 0 Å². The van der Waals surface area contributed by atoms with Crippen molar-refractivity contribution >= 4 is 11.8 Å². The molecule has 1 aromatic heterocycles. The van der Waals surface area contributed by atoms with Crippen LogP contribution < -0.4 is 5.32 Å². The van der Waals surface area contributed by atoms with Crippen LogP contribution in [0.1, 0.15) is 17.8 Å². The summed E-state index contributed by atoms with van der Waals surface area (Å²) >= 11 is 1.78. The van der Waals surface area contributed by atoms with Gasteiger partial charge in [0.1, 0.15) is 0 Å². The van der Waals surface area contributed by atoms with E-state index < -0.39 is 0 Å². The highest BCUT2D eigenvalue weighted by Gasteiger charge is 2.15. The second-order valence-corrected chi connectivity index (χ2v) is 5.09. The van der Waals surface area contributed by atoms with Gasteiger partial charge in [0.2, 0.25) is 0 Å². The van der Waals surface area contributed by atoms with Crippen LogP contribution in [0.5, 0.6) is 0 Å². The molecule has 2 heterocycles. The van der Waals surface area contributed by atoms with Gasteiger partial charge in [-0.3, -0.25) is 0 Å². The normalized spacial score (nSPS) is 20.8. The first kappa shape index (κ1) is 10.9. The lowest BCUT2D eigenvalue weighted by Gasteiger charge is -2.07. The van der Waals surface area contributed by atoms with Crippen molar-refractivity contribution in [3.63, 3.8) is 0 Å². The molecule has 1 N–H and O–H groups in total. The number of aromatic nitrogens is 2. The van der Waals surface area contributed by atoms with Gasteiger partial charge in [-0.05, 0) is 45.3 Å². The molecule has 1 aliphatic heterocycles. The summed E-state index contributed by atoms with van der Waals surface area (Å²) in [5.41, 5.74) is 2.13. The number of aryl methyl sites for hydroxylation is 2. The standard InChI is InChI=1S/C11H17N3S/c1-8-5-9(2)14-11(13-8)15-7-10-3-4-12-6-10/h5,10,12H,3-4,6-7H2,1-2H3. The van der Waals surface area contributed by atoms with Crippen molar-refractivity contribution in [2.45, 2.75) is 25.4 Å². The zero-order chi connectivity index (χ0) is 10.7. The minimum absolute atomic E-state index is 0.791. The van der Waals surface area contributed by atoms with Crippen molar-refractivity contribution in [1.82, 2.24) is 15.3 Å². The van der Waals surface area contributed by atoms with Crippen molar-refractivity contribution in [3.05, 3.63) is 17.5 Å². The van der Waals surface area contributed by atoms with Crippen LogP contribution in [0.3, 0.4) is 0 Å². The van der Waals surface area contributed by atoms with E-state index >= 15 is 0 Å². The van der Waals surface area contributed by atoms with Gasteiger partial charge >= 0.3 is 0 Å². The maximum atomic E-state index is 4.43. The molecule has 1 aliphatic rings. The summed E-state index contributed by atoms with van der Waals surface area (Å²) in [4.78, 5) is 8.85. The lowest BCUT2D eigenvalue weighted by atomic mass is 10.2. The maximum Gasteiger partial charge on any atom is 0.187 e. The maximum absolute atomic E-state index is 4.43. The van der Waals surface area contributed by atoms with Gasteiger partial charge in [-0.25, -0.2) is 9.97 Å². The Morgan fingerprint density at radius 2 is 2.13 bits per heavy atom. The van der Waals surface area contributed by atoms with E-state index in [9.17, 15) is 0 Å². The van der Waals surface area contributed by atoms with E-state index in [0.717, 1.165) is 34.8 Å². The average Bonchev–Trinajstić information content (AvgIpc) is 2.65. The van der Waals surface area contributed by atoms with Crippen molar-refractivity contribution in [3.8, 4) is 0 Å². The Hall–Kier alpha value is -0.610. The van der Waals surface area contributed by atoms with E-state index in [0.29, 0.717) is 0 Å². The second kappa shape index (κ2) is 4.94. The molecular formula is C11H17N3S. The molecule has 0 radical (unpaired) electrons. The summed E-state index contributed by atoms with van der Waals surface area (Å²) in [6.45, 7) is 6.36. The summed E-state index contributed by atoms with van der Waals surface area (Å²) in [5.74, 6) is 1.93. The van der Waals surface area contributed by atoms with Crippen LogP contribution in [0, 0.1) is 19.8 Å². The van der Waals surface area contributed by atoms with E-state index in [1.165, 1.54) is 13.0 Å². The van der Waals surface area contributed by atoms with Gasteiger partial charge < -0.3 is 5.32 Å². The number of hydrogen-bond donors (Lipinski definition) is 1. The fourth-order valence-corrected chi connectivity index (χ4v) is 2.89. The third kappa shape index (κ3) is 3.18. The summed E-state index contributed by atoms with van der Waals surface area (Å²) in [6.07, 6.45) is 1.29. The van der Waals surface area contributed by atoms with Crippen molar-refractivity contribution in [2.24, 2.45) is 5.92 Å². The quantitative estimate of drug-likeness (QED) is 0.626. The van der Waals surface area contributed by atoms with Crippen LogP contribution in [-0.4, -0.2) is 28.8 Å². The Morgan fingerprint density at radius 3 is 2.73 bits per heavy atom. The first-order valence-electron chi connectivity index (χ1n) is 5.40. The van der Waals surface area contributed by atoms with Crippen LogP contribution in [0.2, 0.25) is 0 Å². The molecule has 0 aromatic carbocycles. The van der Waals surface area contributed by atoms with E-state index in [1.54, 1.807) is 11.8 Å². The van der Waals surface area contributed by atoms with Gasteiger partial charge in [-0.2, -0.15) is 0 Å². The SMILES string of the molecule is Cc1cc(C)nc(SCC2CCNC2)n1. The number of hydrogen-bond acceptors (Lipinski definition) is 4. The van der Waals surface area contributed by atoms with Crippen LogP contribution >= 0.6 is 11.8 Å². The molecule has 1 fully saturated rings. The van der Waals surface area contributed by atoms with E-state index in [2.05, 4.69) is 15.3 Å². The predicted octanol–water partition coefficient (Wildman–Crippen LogP) is 1.80. The number of nitrogens with zero attached hydrogens (tertiary/aromatic N) is 2. The Bertz CT molecular complexity index is 314. The van der Waals surface area contributed by atoms with Crippen molar-refractivity contribution in [2.75, 3.05) is 18.8 Å². The minimum atomic E-state index is 0.791. The third-order valence-electron chi connectivity index (χ3n) is 2.57. The highest BCUT2D eigenvalue weighted by Crippen LogP contribution is 2.20. The van der Waals surface area contributed by atoms with Gasteiger partial charge in [0.15, 0.2) is 5.16 Å². The molecule has 3 nitrogen and oxygen atoms in total. The van der Waals surface area contributed by atoms with Gasteiger partial charge in [-0.1, -0.05) is 11.8 Å². The molecule has 1 unspecified atom stereocenters. The Morgan fingerprint density at radius 1 is 1.40 bits per heavy atom. The third-order valence-corrected chi connectivity index (χ3v) is 3.65. The smallest absolute Gasteiger partial charge is 0.187 e. The molecule has 0 aliphatic carbocycles. The van der Waals surface area contributed by atoms with E-state index in [4.69, 9.17) is 0 Å². The molecule has 0 spiro atoms. The summed E-state index contributed by atoms with van der Waals surface area (Å²) in [6, 6.07) is 2.02. The molecule has 82 valence electrons. The molecule has 1 atom stereocenters. The molecule has 0 amide bonds. The zero-order valence-electron chi connectivity index (χ0n) is 9.29. The van der Waals surface area contributed by atoms with Gasteiger partial charge in [-0.15, -0.1) is 0 Å². The lowest BCUT2D eigenvalue weighted by Crippen LogP contribution is -2.10. The number of nitrogens with one attached hydrogen (secondary N) is 1. The molecule has 4 heteroatoms. The molecule has 15 heavy (non-hydrogen) atoms. The van der Waals surface area contributed by atoms with Crippen molar-refractivity contribution in [1.29, 1.82) is 0 Å². The highest BCUT2D eigenvalue weighted by atomic mass is 32.2. The number of rotatable bonds is 3. The zero-order valence-corrected chi connectivity index (χ0v) is 10.1. The molecule has 0 saturated carbocycles. The summed E-state index contributed by atoms with van der Waals surface area (Å²) in [5, 5.41) is 4.31. The first-order valence-corrected chi connectivity index (χ1v) is 6.38. The Balaban J connectivity index is 1.92. The Kier molecular flexibility index (Phi) is 3.59. The van der Waals surface area contributed by atoms with E-state index in [-0.39, 0.29) is 0 Å². The number of thioether (sulfide) groups is 1. The summed E-state index contributed by atoms with van der Waals surface area (Å²) < 4.78 is 0. The summed E-state index contributed by atoms with van der Waals surface area (Å²) in [7, 11) is 0. The van der Waals surface area contributed by atoms with Crippen LogP contribution in [0.15, 0.2) is 11.2 Å². The largest absolute Gasteiger partial charge is 0.316 e. The van der Waals surface area contributed by atoms with Gasteiger partial charge in [0.05, 0.1) is 0 Å². The monoisotopic (exact) mass is 223 g/mol. The second-order valence-electron chi connectivity index (χ2n) is 4.10. The van der Waals surface area contributed by atoms with Crippen LogP contribution in [0.25, 0.3) is 0 Å². The Labute approximate surface area is 95.1 Å². The molecule has 1 aromatic rings. The topological polar surface area (TPSA) is 37.8 Å². The van der Waals surface area contributed by atoms with E-state index in [1.807, 2.05) is 19.9 Å². The molecule has 1 saturated heterocycles. The van der Waals surface area contributed by atoms with Crippen LogP contribution in [-0.2, 0) is 0 Å². The van der Waals surface area contributed by atoms with Gasteiger partial charge in [0.25, 0.3) is 0 Å². The fraction of sp³-hybridized carbons (Fsp3) is 0.636. The average molecular weight is 223 g/mol. The first-order chi connectivity index (χ1) is 7.24. The van der Waals surface area contributed by atoms with Crippen molar-refractivity contribution < 1.29 is 0 Å². The highest BCUT2D eigenvalue weighted by molar-refractivity contribution is 7.99. The fourth-order valence-electron chi connectivity index (χ4n) is 1.81. The van der Waals surface area contributed by atoms with Gasteiger partial charge in [0, 0.05) is 17.1 Å². The minimum Gasteiger partial charge on any atom is -0.316 e. The molecule has 2 rings (SSSR count). The molecule has 0 bridgehead atoms. The molecular weight excluding hydrogens is 206 g/mol.